The SMILES string of the molecule is CCC(Cc1c(C)cc(C)cc1C)C(=O)O[C@H]1CC[C@@]2(C)C(=CCC3C2CC[C@@]2(C)C3CC[C@@H]2[C@H](C)CCCC(C)C)C1. The molecule has 0 N–H and O–H groups in total. The van der Waals surface area contributed by atoms with Crippen LogP contribution >= 0.6 is 0 Å². The fourth-order valence-corrected chi connectivity index (χ4v) is 11.2. The van der Waals surface area contributed by atoms with E-state index in [0.717, 1.165) is 61.2 Å². The first-order chi connectivity index (χ1) is 20.4. The zero-order chi connectivity index (χ0) is 31.1. The molecule has 240 valence electrons. The first-order valence-corrected chi connectivity index (χ1v) is 18.3. The fraction of sp³-hybridized carbons (Fsp3) is 0.780. The van der Waals surface area contributed by atoms with Crippen molar-refractivity contribution in [3.63, 3.8) is 0 Å². The number of fused-ring (bicyclic) bond motifs is 5. The Labute approximate surface area is 265 Å². The van der Waals surface area contributed by atoms with Crippen molar-refractivity contribution in [2.24, 2.45) is 52.3 Å². The molecule has 1 aromatic rings. The van der Waals surface area contributed by atoms with Gasteiger partial charge in [-0.15, -0.1) is 0 Å². The van der Waals surface area contributed by atoms with Crippen LogP contribution in [0.15, 0.2) is 23.8 Å². The standard InChI is InChI=1S/C41H64O2/c1-10-31(24-35-29(6)22-27(4)23-30(35)7)39(42)43-33-18-20-40(8)32(25-33)14-15-34-37-17-16-36(28(5)13-11-12-26(2)3)41(37,9)21-19-38(34)40/h14,22-23,26,28,31,33-34,36-38H,10-13,15-21,24-25H2,1-9H3/t28-,31?,33+,34?,36-,37?,38?,40+,41-/m1/s1. The van der Waals surface area contributed by atoms with Crippen molar-refractivity contribution in [2.75, 3.05) is 0 Å². The van der Waals surface area contributed by atoms with E-state index in [1.807, 2.05) is 0 Å². The van der Waals surface area contributed by atoms with Crippen molar-refractivity contribution >= 4 is 5.97 Å². The maximum Gasteiger partial charge on any atom is 0.309 e. The van der Waals surface area contributed by atoms with Crippen molar-refractivity contribution in [2.45, 2.75) is 152 Å². The Bertz CT molecular complexity index is 1150. The zero-order valence-electron chi connectivity index (χ0n) is 29.4. The Morgan fingerprint density at radius 3 is 2.35 bits per heavy atom. The van der Waals surface area contributed by atoms with Crippen LogP contribution in [0.3, 0.4) is 0 Å². The lowest BCUT2D eigenvalue weighted by atomic mass is 9.47. The van der Waals surface area contributed by atoms with Crippen LogP contribution in [0, 0.1) is 73.0 Å². The van der Waals surface area contributed by atoms with Gasteiger partial charge in [-0.3, -0.25) is 4.79 Å². The van der Waals surface area contributed by atoms with Gasteiger partial charge in [0, 0.05) is 6.42 Å². The molecule has 0 spiro atoms. The third-order valence-corrected chi connectivity index (χ3v) is 13.7. The highest BCUT2D eigenvalue weighted by atomic mass is 16.5. The number of carbonyl (C=O) groups is 1. The van der Waals surface area contributed by atoms with Crippen LogP contribution in [0.2, 0.25) is 0 Å². The largest absolute Gasteiger partial charge is 0.462 e. The van der Waals surface area contributed by atoms with Crippen molar-refractivity contribution in [1.82, 2.24) is 0 Å². The molecule has 5 rings (SSSR count). The van der Waals surface area contributed by atoms with Gasteiger partial charge in [-0.05, 0) is 142 Å². The number of ether oxygens (including phenoxy) is 1. The second-order valence-corrected chi connectivity index (χ2v) is 16.8. The lowest BCUT2D eigenvalue weighted by molar-refractivity contribution is -0.156. The number of carbonyl (C=O) groups excluding carboxylic acids is 1. The minimum Gasteiger partial charge on any atom is -0.462 e. The van der Waals surface area contributed by atoms with Gasteiger partial charge >= 0.3 is 5.97 Å². The van der Waals surface area contributed by atoms with Crippen molar-refractivity contribution in [1.29, 1.82) is 0 Å². The monoisotopic (exact) mass is 588 g/mol. The summed E-state index contributed by atoms with van der Waals surface area (Å²) in [5.41, 5.74) is 7.69. The summed E-state index contributed by atoms with van der Waals surface area (Å²) in [6, 6.07) is 4.50. The number of allylic oxidation sites excluding steroid dienone is 1. The number of hydrogen-bond donors (Lipinski definition) is 0. The Hall–Kier alpha value is -1.57. The van der Waals surface area contributed by atoms with E-state index in [2.05, 4.69) is 80.5 Å². The van der Waals surface area contributed by atoms with E-state index >= 15 is 0 Å². The van der Waals surface area contributed by atoms with Gasteiger partial charge in [0.15, 0.2) is 0 Å². The molecule has 2 nitrogen and oxygen atoms in total. The molecule has 0 bridgehead atoms. The van der Waals surface area contributed by atoms with Gasteiger partial charge in [-0.2, -0.15) is 0 Å². The molecule has 4 aliphatic rings. The molecular weight excluding hydrogens is 524 g/mol. The van der Waals surface area contributed by atoms with Crippen molar-refractivity contribution in [3.05, 3.63) is 46.0 Å². The number of esters is 1. The predicted molar refractivity (Wildman–Crippen MR) is 181 cm³/mol. The molecule has 4 aliphatic carbocycles. The molecule has 0 radical (unpaired) electrons. The second-order valence-electron chi connectivity index (χ2n) is 16.8. The van der Waals surface area contributed by atoms with Gasteiger partial charge in [0.05, 0.1) is 5.92 Å². The highest BCUT2D eigenvalue weighted by Gasteiger charge is 2.59. The first-order valence-electron chi connectivity index (χ1n) is 18.3. The highest BCUT2D eigenvalue weighted by molar-refractivity contribution is 5.73. The maximum atomic E-state index is 13.5. The molecule has 43 heavy (non-hydrogen) atoms. The molecule has 2 heteroatoms. The highest BCUT2D eigenvalue weighted by Crippen LogP contribution is 2.67. The molecule has 1 aromatic carbocycles. The average Bonchev–Trinajstić information content (AvgIpc) is 3.30. The van der Waals surface area contributed by atoms with Crippen LogP contribution in [0.4, 0.5) is 0 Å². The summed E-state index contributed by atoms with van der Waals surface area (Å²) in [5.74, 6) is 5.14. The topological polar surface area (TPSA) is 26.3 Å². The van der Waals surface area contributed by atoms with E-state index in [1.54, 1.807) is 5.57 Å². The molecule has 3 fully saturated rings. The zero-order valence-corrected chi connectivity index (χ0v) is 29.4. The van der Waals surface area contributed by atoms with E-state index < -0.39 is 0 Å². The number of aryl methyl sites for hydroxylation is 3. The van der Waals surface area contributed by atoms with E-state index in [1.165, 1.54) is 80.0 Å². The summed E-state index contributed by atoms with van der Waals surface area (Å²) in [6.07, 6.45) is 18.7. The van der Waals surface area contributed by atoms with Crippen LogP contribution in [0.25, 0.3) is 0 Å². The van der Waals surface area contributed by atoms with Gasteiger partial charge in [-0.1, -0.05) is 90.2 Å². The van der Waals surface area contributed by atoms with Crippen LogP contribution in [0.5, 0.6) is 0 Å². The third kappa shape index (κ3) is 6.42. The number of hydrogen-bond acceptors (Lipinski definition) is 2. The molecule has 0 aliphatic heterocycles. The van der Waals surface area contributed by atoms with E-state index in [4.69, 9.17) is 4.74 Å². The van der Waals surface area contributed by atoms with Gasteiger partial charge < -0.3 is 4.74 Å². The normalized spacial score (nSPS) is 35.0. The summed E-state index contributed by atoms with van der Waals surface area (Å²) < 4.78 is 6.34. The lowest BCUT2D eigenvalue weighted by Crippen LogP contribution is -2.51. The summed E-state index contributed by atoms with van der Waals surface area (Å²) >= 11 is 0. The molecule has 9 atom stereocenters. The molecule has 0 aromatic heterocycles. The van der Waals surface area contributed by atoms with E-state index in [-0.39, 0.29) is 18.0 Å². The molecule has 0 saturated heterocycles. The quantitative estimate of drug-likeness (QED) is 0.201. The summed E-state index contributed by atoms with van der Waals surface area (Å²) in [5, 5.41) is 0. The van der Waals surface area contributed by atoms with E-state index in [9.17, 15) is 4.79 Å². The second kappa shape index (κ2) is 13.0. The van der Waals surface area contributed by atoms with Gasteiger partial charge in [0.25, 0.3) is 0 Å². The Morgan fingerprint density at radius 1 is 0.953 bits per heavy atom. The number of rotatable bonds is 10. The molecule has 3 saturated carbocycles. The maximum absolute atomic E-state index is 13.5. The van der Waals surface area contributed by atoms with Crippen LogP contribution in [-0.2, 0) is 16.0 Å². The summed E-state index contributed by atoms with van der Waals surface area (Å²) in [7, 11) is 0. The Kier molecular flexibility index (Phi) is 9.95. The van der Waals surface area contributed by atoms with Gasteiger partial charge in [-0.25, -0.2) is 0 Å². The molecule has 0 heterocycles. The number of benzene rings is 1. The van der Waals surface area contributed by atoms with Crippen LogP contribution < -0.4 is 0 Å². The lowest BCUT2D eigenvalue weighted by Gasteiger charge is -2.58. The van der Waals surface area contributed by atoms with Crippen molar-refractivity contribution in [3.8, 4) is 0 Å². The molecule has 0 amide bonds. The molecule has 4 unspecified atom stereocenters. The van der Waals surface area contributed by atoms with E-state index in [0.29, 0.717) is 10.8 Å². The smallest absolute Gasteiger partial charge is 0.309 e. The third-order valence-electron chi connectivity index (χ3n) is 13.7. The van der Waals surface area contributed by atoms with Crippen molar-refractivity contribution < 1.29 is 9.53 Å². The first kappa shape index (κ1) is 32.8. The minimum absolute atomic E-state index is 0.0257. The van der Waals surface area contributed by atoms with Gasteiger partial charge in [0.2, 0.25) is 0 Å². The Morgan fingerprint density at radius 2 is 1.67 bits per heavy atom. The Balaban J connectivity index is 1.22. The summed E-state index contributed by atoms with van der Waals surface area (Å²) in [6.45, 7) is 21.3. The van der Waals surface area contributed by atoms with Crippen LogP contribution in [0.1, 0.15) is 141 Å². The van der Waals surface area contributed by atoms with Gasteiger partial charge in [0.1, 0.15) is 6.10 Å². The predicted octanol–water partition coefficient (Wildman–Crippen LogP) is 11.1. The van der Waals surface area contributed by atoms with Crippen LogP contribution in [-0.4, -0.2) is 12.1 Å². The minimum atomic E-state index is -0.0581. The average molecular weight is 589 g/mol. The summed E-state index contributed by atoms with van der Waals surface area (Å²) in [4.78, 5) is 13.5. The fourth-order valence-electron chi connectivity index (χ4n) is 11.2. The molecular formula is C41H64O2.